The number of pyridine rings is 1. The number of anilines is 1. The van der Waals surface area contributed by atoms with E-state index >= 15 is 0 Å². The molecule has 0 unspecified atom stereocenters. The molecule has 0 aliphatic heterocycles. The Balaban J connectivity index is 1.90. The number of nitrogens with one attached hydrogen (secondary N) is 1. The molecule has 0 radical (unpaired) electrons. The Hall–Kier alpha value is -3.00. The first-order chi connectivity index (χ1) is 10.3. The normalized spacial score (nSPS) is 10.3. The van der Waals surface area contributed by atoms with Crippen molar-refractivity contribution in [1.29, 1.82) is 5.26 Å². The molecule has 2 heterocycles. The van der Waals surface area contributed by atoms with Gasteiger partial charge in [-0.2, -0.15) is 10.4 Å². The van der Waals surface area contributed by atoms with Gasteiger partial charge in [0.15, 0.2) is 0 Å². The summed E-state index contributed by atoms with van der Waals surface area (Å²) in [5.41, 5.74) is 3.37. The quantitative estimate of drug-likeness (QED) is 0.797. The van der Waals surface area contributed by atoms with Gasteiger partial charge in [-0.3, -0.25) is 0 Å². The molecule has 0 saturated carbocycles. The first-order valence-electron chi connectivity index (χ1n) is 6.55. The Labute approximate surface area is 122 Å². The molecule has 1 N–H and O–H groups in total. The number of benzene rings is 1. The molecular formula is C16H14N4O. The van der Waals surface area contributed by atoms with Crippen LogP contribution in [0.2, 0.25) is 0 Å². The summed E-state index contributed by atoms with van der Waals surface area (Å²) >= 11 is 0. The highest BCUT2D eigenvalue weighted by Gasteiger charge is 2.10. The van der Waals surface area contributed by atoms with E-state index in [1.807, 2.05) is 41.2 Å². The van der Waals surface area contributed by atoms with Gasteiger partial charge < -0.3 is 10.1 Å². The lowest BCUT2D eigenvalue weighted by Crippen LogP contribution is -2.03. The number of nitrogens with zero attached hydrogens (tertiary/aromatic N) is 3. The summed E-state index contributed by atoms with van der Waals surface area (Å²) in [6.45, 7) is 0.572. The lowest BCUT2D eigenvalue weighted by molar-refractivity contribution is 0.416. The van der Waals surface area contributed by atoms with E-state index in [1.54, 1.807) is 19.2 Å². The predicted molar refractivity (Wildman–Crippen MR) is 80.2 cm³/mol. The second-order valence-electron chi connectivity index (χ2n) is 4.55. The monoisotopic (exact) mass is 278 g/mol. The van der Waals surface area contributed by atoms with Gasteiger partial charge in [-0.25, -0.2) is 4.52 Å². The Morgan fingerprint density at radius 2 is 2.19 bits per heavy atom. The van der Waals surface area contributed by atoms with Gasteiger partial charge in [0.1, 0.15) is 11.8 Å². The Morgan fingerprint density at radius 1 is 1.29 bits per heavy atom. The number of hydrogen-bond acceptors (Lipinski definition) is 4. The second kappa shape index (κ2) is 5.55. The van der Waals surface area contributed by atoms with E-state index in [-0.39, 0.29) is 0 Å². The van der Waals surface area contributed by atoms with Crippen molar-refractivity contribution in [1.82, 2.24) is 9.61 Å². The van der Waals surface area contributed by atoms with Crippen LogP contribution >= 0.6 is 0 Å². The first kappa shape index (κ1) is 13.0. The fourth-order valence-electron chi connectivity index (χ4n) is 2.28. The third-order valence-corrected chi connectivity index (χ3v) is 3.33. The first-order valence-corrected chi connectivity index (χ1v) is 6.55. The van der Waals surface area contributed by atoms with E-state index in [0.29, 0.717) is 23.5 Å². The second-order valence-corrected chi connectivity index (χ2v) is 4.55. The topological polar surface area (TPSA) is 62.3 Å². The van der Waals surface area contributed by atoms with Crippen LogP contribution in [0.3, 0.4) is 0 Å². The van der Waals surface area contributed by atoms with E-state index in [0.717, 1.165) is 11.1 Å². The predicted octanol–water partition coefficient (Wildman–Crippen LogP) is 2.83. The molecule has 3 aromatic rings. The van der Waals surface area contributed by atoms with Crippen LogP contribution in [0, 0.1) is 11.3 Å². The average Bonchev–Trinajstić information content (AvgIpc) is 2.95. The van der Waals surface area contributed by atoms with Crippen molar-refractivity contribution in [3.05, 3.63) is 59.9 Å². The van der Waals surface area contributed by atoms with Crippen LogP contribution in [-0.4, -0.2) is 16.7 Å². The number of nitriles is 1. The molecule has 0 saturated heterocycles. The van der Waals surface area contributed by atoms with Crippen molar-refractivity contribution < 1.29 is 4.74 Å². The minimum absolute atomic E-state index is 0.561. The molecule has 0 aliphatic rings. The third kappa shape index (κ3) is 2.39. The lowest BCUT2D eigenvalue weighted by atomic mass is 10.1. The summed E-state index contributed by atoms with van der Waals surface area (Å²) < 4.78 is 7.13. The number of para-hydroxylation sites is 1. The van der Waals surface area contributed by atoms with Crippen LogP contribution in [0.15, 0.2) is 48.8 Å². The van der Waals surface area contributed by atoms with E-state index in [9.17, 15) is 5.26 Å². The molecule has 0 spiro atoms. The molecule has 1 aromatic carbocycles. The van der Waals surface area contributed by atoms with Gasteiger partial charge in [-0.15, -0.1) is 0 Å². The van der Waals surface area contributed by atoms with Crippen molar-refractivity contribution in [3.8, 4) is 11.8 Å². The van der Waals surface area contributed by atoms with Crippen LogP contribution in [0.1, 0.15) is 11.1 Å². The van der Waals surface area contributed by atoms with Crippen LogP contribution in [0.5, 0.6) is 5.75 Å². The van der Waals surface area contributed by atoms with Gasteiger partial charge in [-0.05, 0) is 24.3 Å². The van der Waals surface area contributed by atoms with Gasteiger partial charge in [0, 0.05) is 18.3 Å². The summed E-state index contributed by atoms with van der Waals surface area (Å²) in [6.07, 6.45) is 3.73. The van der Waals surface area contributed by atoms with Crippen LogP contribution in [0.4, 0.5) is 5.69 Å². The molecule has 2 aromatic heterocycles. The van der Waals surface area contributed by atoms with E-state index in [2.05, 4.69) is 16.5 Å². The zero-order valence-corrected chi connectivity index (χ0v) is 11.6. The Bertz CT molecular complexity index is 817. The zero-order valence-electron chi connectivity index (χ0n) is 11.6. The highest BCUT2D eigenvalue weighted by Crippen LogP contribution is 2.28. The summed E-state index contributed by atoms with van der Waals surface area (Å²) in [7, 11) is 1.59. The minimum Gasteiger partial charge on any atom is -0.495 e. The average molecular weight is 278 g/mol. The zero-order chi connectivity index (χ0) is 14.7. The number of ether oxygens (including phenoxy) is 1. The SMILES string of the molecule is COc1cccc(C#N)c1NCc1cnn2ccccc12. The summed E-state index contributed by atoms with van der Waals surface area (Å²) in [6, 6.07) is 13.5. The maximum absolute atomic E-state index is 9.21. The molecule has 5 nitrogen and oxygen atoms in total. The maximum Gasteiger partial charge on any atom is 0.143 e. The lowest BCUT2D eigenvalue weighted by Gasteiger charge is -2.12. The number of methoxy groups -OCH3 is 1. The van der Waals surface area contributed by atoms with E-state index < -0.39 is 0 Å². The van der Waals surface area contributed by atoms with Gasteiger partial charge in [-0.1, -0.05) is 12.1 Å². The Kier molecular flexibility index (Phi) is 3.44. The molecule has 0 bridgehead atoms. The van der Waals surface area contributed by atoms with Crippen molar-refractivity contribution >= 4 is 11.2 Å². The minimum atomic E-state index is 0.561. The van der Waals surface area contributed by atoms with Gasteiger partial charge in [0.25, 0.3) is 0 Å². The standard InChI is InChI=1S/C16H14N4O/c1-21-15-7-4-5-12(9-17)16(15)18-10-13-11-19-20-8-3-2-6-14(13)20/h2-8,11,18H,10H2,1H3. The molecule has 0 aliphatic carbocycles. The van der Waals surface area contributed by atoms with E-state index in [1.165, 1.54) is 0 Å². The number of hydrogen-bond donors (Lipinski definition) is 1. The summed E-state index contributed by atoms with van der Waals surface area (Å²) in [5, 5.41) is 16.8. The number of fused-ring (bicyclic) bond motifs is 1. The molecule has 21 heavy (non-hydrogen) atoms. The van der Waals surface area contributed by atoms with Crippen LogP contribution < -0.4 is 10.1 Å². The Morgan fingerprint density at radius 3 is 3.00 bits per heavy atom. The third-order valence-electron chi connectivity index (χ3n) is 3.33. The molecule has 5 heteroatoms. The van der Waals surface area contributed by atoms with Gasteiger partial charge >= 0.3 is 0 Å². The summed E-state index contributed by atoms with van der Waals surface area (Å²) in [4.78, 5) is 0. The van der Waals surface area contributed by atoms with Crippen molar-refractivity contribution in [2.45, 2.75) is 6.54 Å². The highest BCUT2D eigenvalue weighted by atomic mass is 16.5. The number of aromatic nitrogens is 2. The molecule has 0 amide bonds. The van der Waals surface area contributed by atoms with Crippen molar-refractivity contribution in [3.63, 3.8) is 0 Å². The molecule has 0 fully saturated rings. The fourth-order valence-corrected chi connectivity index (χ4v) is 2.28. The molecule has 0 atom stereocenters. The number of rotatable bonds is 4. The van der Waals surface area contributed by atoms with E-state index in [4.69, 9.17) is 4.74 Å². The van der Waals surface area contributed by atoms with Crippen molar-refractivity contribution in [2.75, 3.05) is 12.4 Å². The molecular weight excluding hydrogens is 264 g/mol. The fraction of sp³-hybridized carbons (Fsp3) is 0.125. The summed E-state index contributed by atoms with van der Waals surface area (Å²) in [5.74, 6) is 0.658. The van der Waals surface area contributed by atoms with Crippen LogP contribution in [-0.2, 0) is 6.54 Å². The smallest absolute Gasteiger partial charge is 0.143 e. The molecule has 104 valence electrons. The van der Waals surface area contributed by atoms with Crippen molar-refractivity contribution in [2.24, 2.45) is 0 Å². The van der Waals surface area contributed by atoms with Gasteiger partial charge in [0.2, 0.25) is 0 Å². The molecule has 3 rings (SSSR count). The van der Waals surface area contributed by atoms with Crippen LogP contribution in [0.25, 0.3) is 5.52 Å². The highest BCUT2D eigenvalue weighted by molar-refractivity contribution is 5.67. The largest absolute Gasteiger partial charge is 0.495 e. The maximum atomic E-state index is 9.21. The van der Waals surface area contributed by atoms with Gasteiger partial charge in [0.05, 0.1) is 30.1 Å².